The van der Waals surface area contributed by atoms with Crippen molar-refractivity contribution in [3.63, 3.8) is 0 Å². The Hall–Kier alpha value is -7.08. The summed E-state index contributed by atoms with van der Waals surface area (Å²) in [5, 5.41) is 24.7. The van der Waals surface area contributed by atoms with Gasteiger partial charge in [0, 0.05) is 61.5 Å². The number of carbonyl (C=O) groups is 8. The van der Waals surface area contributed by atoms with E-state index in [0.717, 1.165) is 10.9 Å². The maximum absolute atomic E-state index is 14.8. The fourth-order valence-electron chi connectivity index (χ4n) is 9.71. The number of para-hydroxylation sites is 1. The van der Waals surface area contributed by atoms with Crippen molar-refractivity contribution in [2.75, 3.05) is 26.2 Å². The van der Waals surface area contributed by atoms with E-state index in [9.17, 15) is 43.5 Å². The van der Waals surface area contributed by atoms with Crippen LogP contribution in [0.4, 0.5) is 0 Å². The zero-order chi connectivity index (χ0) is 54.8. The van der Waals surface area contributed by atoms with E-state index in [4.69, 9.17) is 22.9 Å². The molecule has 0 radical (unpaired) electrons. The normalized spacial score (nSPS) is 18.3. The van der Waals surface area contributed by atoms with Crippen LogP contribution in [0.2, 0.25) is 0 Å². The number of aliphatic imine (C=N–C) groups is 1. The lowest BCUT2D eigenvalue weighted by atomic mass is 9.96. The van der Waals surface area contributed by atoms with Crippen LogP contribution in [0.1, 0.15) is 110 Å². The van der Waals surface area contributed by atoms with Crippen LogP contribution in [-0.2, 0) is 51.2 Å². The Morgan fingerprint density at radius 1 is 0.773 bits per heavy atom. The molecular weight excluding hydrogens is 967 g/mol. The molecule has 16 N–H and O–H groups in total. The lowest BCUT2D eigenvalue weighted by Gasteiger charge is -2.32. The molecule has 3 aromatic rings. The van der Waals surface area contributed by atoms with Crippen LogP contribution < -0.4 is 49.5 Å². The minimum absolute atomic E-state index is 0.0201. The van der Waals surface area contributed by atoms with Crippen LogP contribution >= 0.6 is 0 Å². The van der Waals surface area contributed by atoms with Crippen LogP contribution in [0.25, 0.3) is 10.9 Å². The lowest BCUT2D eigenvalue weighted by molar-refractivity contribution is -0.143. The molecule has 0 unspecified atom stereocenters. The molecule has 2 fully saturated rings. The summed E-state index contributed by atoms with van der Waals surface area (Å²) in [5.74, 6) is -6.11. The van der Waals surface area contributed by atoms with Crippen LogP contribution in [0.15, 0.2) is 48.0 Å². The largest absolute Gasteiger partial charge is 0.480 e. The molecule has 24 nitrogen and oxygen atoms in total. The first-order valence-electron chi connectivity index (χ1n) is 26.2. The van der Waals surface area contributed by atoms with E-state index in [1.54, 1.807) is 19.3 Å². The molecule has 0 aliphatic carbocycles. The van der Waals surface area contributed by atoms with Crippen molar-refractivity contribution >= 4 is 64.2 Å². The molecule has 7 amide bonds. The zero-order valence-electron chi connectivity index (χ0n) is 43.6. The average molecular weight is 1050 g/mol. The summed E-state index contributed by atoms with van der Waals surface area (Å²) >= 11 is 0. The van der Waals surface area contributed by atoms with Gasteiger partial charge in [-0.2, -0.15) is 0 Å². The number of nitrogens with zero attached hydrogens (tertiary/aromatic N) is 4. The highest BCUT2D eigenvalue weighted by Crippen LogP contribution is 2.24. The third-order valence-electron chi connectivity index (χ3n) is 14.0. The molecule has 2 aliphatic rings. The van der Waals surface area contributed by atoms with Crippen LogP contribution in [0.3, 0.4) is 0 Å². The minimum Gasteiger partial charge on any atom is -0.480 e. The Morgan fingerprint density at radius 2 is 1.40 bits per heavy atom. The fourth-order valence-corrected chi connectivity index (χ4v) is 9.71. The number of carbonyl (C=O) groups excluding carboxylic acids is 7. The monoisotopic (exact) mass is 1050 g/mol. The first kappa shape index (κ1) is 58.8. The van der Waals surface area contributed by atoms with Gasteiger partial charge in [0.15, 0.2) is 5.96 Å². The molecule has 1 aromatic carbocycles. The Bertz CT molecular complexity index is 2440. The van der Waals surface area contributed by atoms with Gasteiger partial charge in [-0.15, -0.1) is 0 Å². The number of aliphatic carboxylic acids is 1. The molecular formula is C51H79N15O9. The summed E-state index contributed by atoms with van der Waals surface area (Å²) in [6.45, 7) is 8.15. The fraction of sp³-hybridized carbons (Fsp3) is 0.608. The second kappa shape index (κ2) is 28.6. The standard InChI is InChI=1S/C51H79N15O9/c1-5-30(4)42(47(71)63-39(50(74)75)23-29(2)3)64-44(68)38(24-31-26-58-35-14-7-6-13-33(31)35)62-46(70)41-18-12-22-66(41)49(73)37(16-10-20-57-51(54)55)61-43(67)36(15-8-9-19-52)60-45(69)40-17-11-21-65(40)48(72)34(53)25-32-27-56-28-59-32/h6-7,13-14,26-30,34,36-42,58H,5,8-12,15-25,52-53H2,1-4H3,(H,56,59)(H,60,69)(H,61,67)(H,62,70)(H,63,71)(H,64,68)(H,74,75)(H4,54,55,57)/t30-,34-,36-,37-,38-,39-,40-,41+,42-/m0/s1. The molecule has 75 heavy (non-hydrogen) atoms. The Kier molecular flexibility index (Phi) is 22.4. The van der Waals surface area contributed by atoms with E-state index in [0.29, 0.717) is 62.9 Å². The van der Waals surface area contributed by atoms with Crippen LogP contribution in [-0.4, -0.2) is 158 Å². The Labute approximate surface area is 437 Å². The number of H-pyrrole nitrogens is 2. The summed E-state index contributed by atoms with van der Waals surface area (Å²) in [4.78, 5) is 129. The number of guanidine groups is 1. The Morgan fingerprint density at radius 3 is 2.01 bits per heavy atom. The number of likely N-dealkylation sites (tertiary alicyclic amines) is 2. The van der Waals surface area contributed by atoms with Crippen molar-refractivity contribution in [2.24, 2.45) is 39.8 Å². The smallest absolute Gasteiger partial charge is 0.326 e. The molecule has 2 aliphatic heterocycles. The highest BCUT2D eigenvalue weighted by molar-refractivity contribution is 5.98. The Balaban J connectivity index is 1.37. The summed E-state index contributed by atoms with van der Waals surface area (Å²) in [6.07, 6.45) is 8.51. The SMILES string of the molecule is CC[C@H](C)[C@H](NC(=O)[C@H](Cc1c[nH]c2ccccc12)NC(=O)[C@H]1CCCN1C(=O)[C@H](CCCN=C(N)N)NC(=O)[C@H](CCCCN)NC(=O)[C@@H]1CCCN1C(=O)[C@@H](N)Cc1cnc[nH]1)C(=O)N[C@@H](CC(C)C)C(=O)O. The van der Waals surface area contributed by atoms with Crippen molar-refractivity contribution < 1.29 is 43.5 Å². The van der Waals surface area contributed by atoms with E-state index >= 15 is 0 Å². The number of hydrogen-bond donors (Lipinski definition) is 12. The van der Waals surface area contributed by atoms with Gasteiger partial charge in [0.25, 0.3) is 0 Å². The predicted molar refractivity (Wildman–Crippen MR) is 281 cm³/mol. The van der Waals surface area contributed by atoms with Crippen LogP contribution in [0.5, 0.6) is 0 Å². The van der Waals surface area contributed by atoms with Crippen molar-refractivity contribution in [3.8, 4) is 0 Å². The zero-order valence-corrected chi connectivity index (χ0v) is 43.6. The van der Waals surface area contributed by atoms with Gasteiger partial charge in [-0.05, 0) is 94.2 Å². The summed E-state index contributed by atoms with van der Waals surface area (Å²) < 4.78 is 0. The molecule has 0 bridgehead atoms. The van der Waals surface area contributed by atoms with E-state index < -0.39 is 102 Å². The number of fused-ring (bicyclic) bond motifs is 1. The molecule has 2 saturated heterocycles. The van der Waals surface area contributed by atoms with E-state index in [1.807, 2.05) is 45.0 Å². The number of carboxylic acids is 1. The number of carboxylic acid groups (broad SMARTS) is 1. The minimum atomic E-state index is -1.27. The molecule has 24 heteroatoms. The highest BCUT2D eigenvalue weighted by Gasteiger charge is 2.42. The summed E-state index contributed by atoms with van der Waals surface area (Å²) in [5.41, 5.74) is 25.4. The van der Waals surface area contributed by atoms with Gasteiger partial charge in [-0.3, -0.25) is 38.6 Å². The molecule has 0 saturated carbocycles. The average Bonchev–Trinajstić information content (AvgIpc) is 4.24. The van der Waals surface area contributed by atoms with Crippen molar-refractivity contribution in [2.45, 2.75) is 160 Å². The third kappa shape index (κ3) is 16.7. The maximum Gasteiger partial charge on any atom is 0.326 e. The van der Waals surface area contributed by atoms with E-state index in [2.05, 4.69) is 46.5 Å². The van der Waals surface area contributed by atoms with Crippen molar-refractivity contribution in [3.05, 3.63) is 54.2 Å². The van der Waals surface area contributed by atoms with Gasteiger partial charge in [0.2, 0.25) is 41.4 Å². The number of aromatic amines is 2. The number of rotatable bonds is 29. The van der Waals surface area contributed by atoms with Gasteiger partial charge >= 0.3 is 5.97 Å². The topological polar surface area (TPSA) is 384 Å². The molecule has 5 rings (SSSR count). The molecule has 2 aromatic heterocycles. The quantitative estimate of drug-likeness (QED) is 0.0243. The molecule has 9 atom stereocenters. The van der Waals surface area contributed by atoms with Gasteiger partial charge in [-0.25, -0.2) is 9.78 Å². The van der Waals surface area contributed by atoms with Gasteiger partial charge in [0.1, 0.15) is 42.3 Å². The van der Waals surface area contributed by atoms with Crippen molar-refractivity contribution in [1.29, 1.82) is 0 Å². The highest BCUT2D eigenvalue weighted by atomic mass is 16.4. The number of hydrogen-bond acceptors (Lipinski definition) is 12. The number of nitrogens with one attached hydrogen (secondary N) is 7. The van der Waals surface area contributed by atoms with Gasteiger partial charge in [0.05, 0.1) is 12.4 Å². The number of benzene rings is 1. The summed E-state index contributed by atoms with van der Waals surface area (Å²) in [7, 11) is 0. The second-order valence-corrected chi connectivity index (χ2v) is 20.1. The van der Waals surface area contributed by atoms with Gasteiger partial charge in [-0.1, -0.05) is 52.3 Å². The molecule has 0 spiro atoms. The van der Waals surface area contributed by atoms with Crippen LogP contribution in [0, 0.1) is 11.8 Å². The van der Waals surface area contributed by atoms with E-state index in [-0.39, 0.29) is 69.9 Å². The number of amides is 7. The van der Waals surface area contributed by atoms with Gasteiger partial charge < -0.3 is 74.4 Å². The number of nitrogens with two attached hydrogens (primary N) is 4. The lowest BCUT2D eigenvalue weighted by Crippen LogP contribution is -2.60. The predicted octanol–water partition coefficient (Wildman–Crippen LogP) is -0.231. The first-order chi connectivity index (χ1) is 35.8. The molecule has 4 heterocycles. The second-order valence-electron chi connectivity index (χ2n) is 20.1. The number of imidazole rings is 1. The maximum atomic E-state index is 14.8. The number of unbranched alkanes of at least 4 members (excludes halogenated alkanes) is 1. The third-order valence-corrected chi connectivity index (χ3v) is 14.0. The van der Waals surface area contributed by atoms with Crippen molar-refractivity contribution in [1.82, 2.24) is 51.3 Å². The molecule has 412 valence electrons. The summed E-state index contributed by atoms with van der Waals surface area (Å²) in [6, 6.07) is -1.48. The first-order valence-corrected chi connectivity index (χ1v) is 26.2. The number of aromatic nitrogens is 3. The van der Waals surface area contributed by atoms with E-state index in [1.165, 1.54) is 16.1 Å².